The number of hydrogen-bond acceptors (Lipinski definition) is 4. The number of nitrogens with zero attached hydrogens (tertiary/aromatic N) is 1. The number of amides is 3. The third-order valence-corrected chi connectivity index (χ3v) is 5.59. The van der Waals surface area contributed by atoms with E-state index in [1.165, 1.54) is 0 Å². The van der Waals surface area contributed by atoms with E-state index in [0.29, 0.717) is 29.8 Å². The number of anilines is 2. The Kier molecular flexibility index (Phi) is 6.09. The second-order valence-corrected chi connectivity index (χ2v) is 7.70. The molecule has 0 aliphatic carbocycles. The highest BCUT2D eigenvalue weighted by atomic mass is 16.2. The van der Waals surface area contributed by atoms with Crippen LogP contribution in [0.3, 0.4) is 0 Å². The molecule has 2 heterocycles. The van der Waals surface area contributed by atoms with Crippen LogP contribution in [0.15, 0.2) is 48.5 Å². The predicted molar refractivity (Wildman–Crippen MR) is 116 cm³/mol. The van der Waals surface area contributed by atoms with Crippen molar-refractivity contribution in [2.24, 2.45) is 0 Å². The standard InChI is InChI=1S/C23H26N4O3/c28-21-9-4-14-27(21)18-6-3-5-16(15-18)22(29)26-20-8-2-1-7-19(20)23(30)25-17-10-12-24-13-11-17/h1-3,5-8,15,17,24H,4,9-14H2,(H,25,30)(H,26,29). The van der Waals surface area contributed by atoms with Gasteiger partial charge in [-0.3, -0.25) is 14.4 Å². The molecule has 156 valence electrons. The van der Waals surface area contributed by atoms with E-state index in [2.05, 4.69) is 16.0 Å². The molecule has 7 nitrogen and oxygen atoms in total. The lowest BCUT2D eigenvalue weighted by Crippen LogP contribution is -2.42. The van der Waals surface area contributed by atoms with Gasteiger partial charge in [0.05, 0.1) is 11.3 Å². The number of rotatable bonds is 5. The molecule has 0 saturated carbocycles. The Labute approximate surface area is 175 Å². The minimum absolute atomic E-state index is 0.0764. The maximum Gasteiger partial charge on any atom is 0.255 e. The first-order chi connectivity index (χ1) is 14.6. The minimum atomic E-state index is -0.314. The van der Waals surface area contributed by atoms with Crippen molar-refractivity contribution in [2.45, 2.75) is 31.7 Å². The zero-order valence-corrected chi connectivity index (χ0v) is 16.8. The maximum absolute atomic E-state index is 12.9. The smallest absolute Gasteiger partial charge is 0.255 e. The van der Waals surface area contributed by atoms with E-state index in [9.17, 15) is 14.4 Å². The maximum atomic E-state index is 12.9. The van der Waals surface area contributed by atoms with E-state index in [4.69, 9.17) is 0 Å². The third kappa shape index (κ3) is 4.52. The molecule has 2 aliphatic rings. The molecule has 2 aliphatic heterocycles. The van der Waals surface area contributed by atoms with Gasteiger partial charge in [0.2, 0.25) is 5.91 Å². The molecule has 0 unspecified atom stereocenters. The third-order valence-electron chi connectivity index (χ3n) is 5.59. The second-order valence-electron chi connectivity index (χ2n) is 7.70. The minimum Gasteiger partial charge on any atom is -0.349 e. The van der Waals surface area contributed by atoms with Crippen molar-refractivity contribution < 1.29 is 14.4 Å². The molecule has 30 heavy (non-hydrogen) atoms. The van der Waals surface area contributed by atoms with Gasteiger partial charge in [-0.15, -0.1) is 0 Å². The summed E-state index contributed by atoms with van der Waals surface area (Å²) in [7, 11) is 0. The Balaban J connectivity index is 1.48. The van der Waals surface area contributed by atoms with Crippen molar-refractivity contribution in [2.75, 3.05) is 29.9 Å². The van der Waals surface area contributed by atoms with Crippen molar-refractivity contribution in [3.8, 4) is 0 Å². The number of carbonyl (C=O) groups excluding carboxylic acids is 3. The van der Waals surface area contributed by atoms with E-state index in [1.807, 2.05) is 6.07 Å². The van der Waals surface area contributed by atoms with Crippen LogP contribution in [-0.4, -0.2) is 43.4 Å². The summed E-state index contributed by atoms with van der Waals surface area (Å²) in [6, 6.07) is 14.2. The summed E-state index contributed by atoms with van der Waals surface area (Å²) in [5.41, 5.74) is 2.08. The first kappa shape index (κ1) is 20.1. The molecule has 2 fully saturated rings. The molecule has 0 spiro atoms. The lowest BCUT2D eigenvalue weighted by atomic mass is 10.1. The molecule has 3 amide bonds. The molecular weight excluding hydrogens is 380 g/mol. The van der Waals surface area contributed by atoms with Crippen LogP contribution < -0.4 is 20.9 Å². The average molecular weight is 406 g/mol. The summed E-state index contributed by atoms with van der Waals surface area (Å²) >= 11 is 0. The van der Waals surface area contributed by atoms with Gasteiger partial charge in [-0.2, -0.15) is 0 Å². The molecule has 0 atom stereocenters. The summed E-state index contributed by atoms with van der Waals surface area (Å²) in [5, 5.41) is 9.20. The zero-order chi connectivity index (χ0) is 20.9. The lowest BCUT2D eigenvalue weighted by Gasteiger charge is -2.24. The largest absolute Gasteiger partial charge is 0.349 e. The van der Waals surface area contributed by atoms with Crippen LogP contribution in [-0.2, 0) is 4.79 Å². The molecule has 0 aromatic heterocycles. The summed E-state index contributed by atoms with van der Waals surface area (Å²) in [4.78, 5) is 39.4. The SMILES string of the molecule is O=C(Nc1ccccc1C(=O)NC1CCNCC1)c1cccc(N2CCCC2=O)c1. The van der Waals surface area contributed by atoms with E-state index in [0.717, 1.165) is 38.0 Å². The van der Waals surface area contributed by atoms with Gasteiger partial charge in [0.25, 0.3) is 11.8 Å². The molecule has 0 bridgehead atoms. The topological polar surface area (TPSA) is 90.5 Å². The molecule has 2 aromatic rings. The van der Waals surface area contributed by atoms with Crippen LogP contribution >= 0.6 is 0 Å². The number of para-hydroxylation sites is 1. The quantitative estimate of drug-likeness (QED) is 0.712. The van der Waals surface area contributed by atoms with Crippen molar-refractivity contribution in [1.82, 2.24) is 10.6 Å². The lowest BCUT2D eigenvalue weighted by molar-refractivity contribution is -0.117. The molecule has 0 radical (unpaired) electrons. The van der Waals surface area contributed by atoms with Gasteiger partial charge in [-0.25, -0.2) is 0 Å². The van der Waals surface area contributed by atoms with Crippen LogP contribution in [0.25, 0.3) is 0 Å². The fourth-order valence-electron chi connectivity index (χ4n) is 3.95. The number of carbonyl (C=O) groups is 3. The number of hydrogen-bond donors (Lipinski definition) is 3. The molecule has 2 aromatic carbocycles. The molecule has 7 heteroatoms. The van der Waals surface area contributed by atoms with Crippen LogP contribution in [0, 0.1) is 0 Å². The zero-order valence-electron chi connectivity index (χ0n) is 16.8. The molecule has 3 N–H and O–H groups in total. The Morgan fingerprint density at radius 1 is 1.00 bits per heavy atom. The number of piperidine rings is 1. The Hall–Kier alpha value is -3.19. The molecule has 4 rings (SSSR count). The highest BCUT2D eigenvalue weighted by molar-refractivity contribution is 6.09. The average Bonchev–Trinajstić information content (AvgIpc) is 3.21. The van der Waals surface area contributed by atoms with Gasteiger partial charge in [-0.05, 0) is 62.7 Å². The highest BCUT2D eigenvalue weighted by Gasteiger charge is 2.23. The fourth-order valence-corrected chi connectivity index (χ4v) is 3.95. The van der Waals surface area contributed by atoms with E-state index < -0.39 is 0 Å². The summed E-state index contributed by atoms with van der Waals surface area (Å²) in [5.74, 6) is -0.424. The first-order valence-electron chi connectivity index (χ1n) is 10.4. The van der Waals surface area contributed by atoms with Gasteiger partial charge in [0.1, 0.15) is 0 Å². The van der Waals surface area contributed by atoms with Gasteiger partial charge < -0.3 is 20.9 Å². The number of benzene rings is 2. The first-order valence-corrected chi connectivity index (χ1v) is 10.4. The van der Waals surface area contributed by atoms with Crippen molar-refractivity contribution in [3.63, 3.8) is 0 Å². The predicted octanol–water partition coefficient (Wildman–Crippen LogP) is 2.55. The van der Waals surface area contributed by atoms with Crippen LogP contribution in [0.5, 0.6) is 0 Å². The van der Waals surface area contributed by atoms with Crippen molar-refractivity contribution in [1.29, 1.82) is 0 Å². The van der Waals surface area contributed by atoms with Gasteiger partial charge in [0.15, 0.2) is 0 Å². The Morgan fingerprint density at radius 3 is 2.57 bits per heavy atom. The summed E-state index contributed by atoms with van der Waals surface area (Å²) in [6.07, 6.45) is 3.15. The van der Waals surface area contributed by atoms with Crippen LogP contribution in [0.4, 0.5) is 11.4 Å². The Morgan fingerprint density at radius 2 is 1.80 bits per heavy atom. The normalized spacial score (nSPS) is 17.1. The second kappa shape index (κ2) is 9.09. The van der Waals surface area contributed by atoms with Gasteiger partial charge in [-0.1, -0.05) is 18.2 Å². The monoisotopic (exact) mass is 406 g/mol. The van der Waals surface area contributed by atoms with E-state index >= 15 is 0 Å². The molecular formula is C23H26N4O3. The number of nitrogens with one attached hydrogen (secondary N) is 3. The summed E-state index contributed by atoms with van der Waals surface area (Å²) < 4.78 is 0. The van der Waals surface area contributed by atoms with Crippen molar-refractivity contribution in [3.05, 3.63) is 59.7 Å². The van der Waals surface area contributed by atoms with Gasteiger partial charge >= 0.3 is 0 Å². The molecule has 2 saturated heterocycles. The van der Waals surface area contributed by atoms with Crippen molar-refractivity contribution >= 4 is 29.1 Å². The van der Waals surface area contributed by atoms with E-state index in [1.54, 1.807) is 47.4 Å². The van der Waals surface area contributed by atoms with Crippen LogP contribution in [0.2, 0.25) is 0 Å². The van der Waals surface area contributed by atoms with E-state index in [-0.39, 0.29) is 23.8 Å². The van der Waals surface area contributed by atoms with Crippen LogP contribution in [0.1, 0.15) is 46.4 Å². The Bertz CT molecular complexity index is 953. The summed E-state index contributed by atoms with van der Waals surface area (Å²) in [6.45, 7) is 2.45. The van der Waals surface area contributed by atoms with Gasteiger partial charge in [0, 0.05) is 30.3 Å². The fraction of sp³-hybridized carbons (Fsp3) is 0.348. The highest BCUT2D eigenvalue weighted by Crippen LogP contribution is 2.23.